The standard InChI is InChI=1S/C23H39O2/c1-4-7-10-13-14-15-16-17-20-23(24-21-18-11-8-5-2)25-22-19-12-9-6-3/h1,4,13-14,23H,5-6,8-9,11-12,15-22H2,2-3H3/b4-1?,14-13-. The maximum Gasteiger partial charge on any atom is 0.157 e. The van der Waals surface area contributed by atoms with Crippen molar-refractivity contribution in [2.45, 2.75) is 97.2 Å². The SMILES string of the molecule is [CH]=CC#C/C=C\CCCCC(OCCCCCC)OCCCCCC. The van der Waals surface area contributed by atoms with E-state index in [4.69, 9.17) is 16.1 Å². The molecule has 0 amide bonds. The minimum atomic E-state index is -0.0288. The van der Waals surface area contributed by atoms with Gasteiger partial charge in [-0.1, -0.05) is 76.9 Å². The maximum atomic E-state index is 5.97. The van der Waals surface area contributed by atoms with Crippen molar-refractivity contribution in [3.63, 3.8) is 0 Å². The zero-order chi connectivity index (χ0) is 18.4. The van der Waals surface area contributed by atoms with Gasteiger partial charge in [-0.25, -0.2) is 0 Å². The lowest BCUT2D eigenvalue weighted by molar-refractivity contribution is -0.148. The molecule has 0 aromatic heterocycles. The van der Waals surface area contributed by atoms with Gasteiger partial charge in [-0.2, -0.15) is 0 Å². The third-order valence-electron chi connectivity index (χ3n) is 4.03. The lowest BCUT2D eigenvalue weighted by Crippen LogP contribution is -2.19. The number of hydrogen-bond acceptors (Lipinski definition) is 2. The Labute approximate surface area is 157 Å². The highest BCUT2D eigenvalue weighted by molar-refractivity contribution is 5.21. The zero-order valence-corrected chi connectivity index (χ0v) is 16.6. The highest BCUT2D eigenvalue weighted by Crippen LogP contribution is 2.12. The molecule has 25 heavy (non-hydrogen) atoms. The molecule has 0 spiro atoms. The molecule has 0 aliphatic heterocycles. The van der Waals surface area contributed by atoms with Gasteiger partial charge in [0.1, 0.15) is 0 Å². The van der Waals surface area contributed by atoms with Crippen molar-refractivity contribution in [3.8, 4) is 11.8 Å². The number of unbranched alkanes of at least 4 members (excludes halogenated alkanes) is 8. The summed E-state index contributed by atoms with van der Waals surface area (Å²) in [5.41, 5.74) is 0. The Morgan fingerprint density at radius 2 is 1.44 bits per heavy atom. The first-order valence-corrected chi connectivity index (χ1v) is 10.3. The average Bonchev–Trinajstić information content (AvgIpc) is 2.62. The molecular weight excluding hydrogens is 308 g/mol. The lowest BCUT2D eigenvalue weighted by Gasteiger charge is -2.18. The lowest BCUT2D eigenvalue weighted by atomic mass is 10.1. The van der Waals surface area contributed by atoms with Crippen molar-refractivity contribution in [1.82, 2.24) is 0 Å². The van der Waals surface area contributed by atoms with Crippen molar-refractivity contribution in [1.29, 1.82) is 0 Å². The summed E-state index contributed by atoms with van der Waals surface area (Å²) in [5.74, 6) is 5.57. The number of ether oxygens (including phenoxy) is 2. The average molecular weight is 348 g/mol. The molecule has 0 N–H and O–H groups in total. The normalized spacial score (nSPS) is 11.0. The van der Waals surface area contributed by atoms with Gasteiger partial charge in [0.2, 0.25) is 0 Å². The van der Waals surface area contributed by atoms with Crippen molar-refractivity contribution in [2.24, 2.45) is 0 Å². The third kappa shape index (κ3) is 19.1. The Morgan fingerprint density at radius 1 is 0.800 bits per heavy atom. The van der Waals surface area contributed by atoms with Crippen molar-refractivity contribution >= 4 is 0 Å². The predicted octanol–water partition coefficient (Wildman–Crippen LogP) is 6.62. The van der Waals surface area contributed by atoms with E-state index in [1.807, 2.05) is 6.08 Å². The molecule has 0 aliphatic carbocycles. The van der Waals surface area contributed by atoms with Crippen LogP contribution in [-0.4, -0.2) is 19.5 Å². The molecule has 0 saturated heterocycles. The minimum Gasteiger partial charge on any atom is -0.353 e. The topological polar surface area (TPSA) is 18.5 Å². The van der Waals surface area contributed by atoms with Gasteiger partial charge < -0.3 is 9.47 Å². The molecule has 0 aromatic rings. The van der Waals surface area contributed by atoms with Crippen LogP contribution in [0.5, 0.6) is 0 Å². The van der Waals surface area contributed by atoms with Crippen LogP contribution in [0.1, 0.15) is 90.9 Å². The van der Waals surface area contributed by atoms with Gasteiger partial charge in [-0.3, -0.25) is 0 Å². The fourth-order valence-electron chi connectivity index (χ4n) is 2.51. The van der Waals surface area contributed by atoms with Gasteiger partial charge in [0.05, 0.1) is 0 Å². The van der Waals surface area contributed by atoms with Crippen LogP contribution in [0.15, 0.2) is 18.2 Å². The number of allylic oxidation sites excluding steroid dienone is 3. The van der Waals surface area contributed by atoms with Crippen LogP contribution >= 0.6 is 0 Å². The van der Waals surface area contributed by atoms with Gasteiger partial charge in [0.25, 0.3) is 0 Å². The smallest absolute Gasteiger partial charge is 0.157 e. The highest BCUT2D eigenvalue weighted by atomic mass is 16.7. The number of hydrogen-bond donors (Lipinski definition) is 0. The van der Waals surface area contributed by atoms with E-state index >= 15 is 0 Å². The summed E-state index contributed by atoms with van der Waals surface area (Å²) < 4.78 is 11.9. The van der Waals surface area contributed by atoms with E-state index in [0.717, 1.165) is 51.7 Å². The van der Waals surface area contributed by atoms with Gasteiger partial charge in [-0.15, -0.1) is 0 Å². The molecule has 0 rings (SSSR count). The second-order valence-corrected chi connectivity index (χ2v) is 6.43. The molecule has 0 heterocycles. The second kappa shape index (κ2) is 21.0. The first-order chi connectivity index (χ1) is 12.3. The van der Waals surface area contributed by atoms with Crippen molar-refractivity contribution < 1.29 is 9.47 Å². The van der Waals surface area contributed by atoms with Gasteiger partial charge in [0, 0.05) is 13.2 Å². The van der Waals surface area contributed by atoms with Gasteiger partial charge in [-0.05, 0) is 50.7 Å². The minimum absolute atomic E-state index is 0.0288. The summed E-state index contributed by atoms with van der Waals surface area (Å²) in [6, 6.07) is 0. The Balaban J connectivity index is 3.89. The fraction of sp³-hybridized carbons (Fsp3) is 0.739. The number of rotatable bonds is 17. The Hall–Kier alpha value is -1.04. The van der Waals surface area contributed by atoms with E-state index in [-0.39, 0.29) is 6.29 Å². The van der Waals surface area contributed by atoms with Crippen molar-refractivity contribution in [2.75, 3.05) is 13.2 Å². The Bertz CT molecular complexity index is 348. The van der Waals surface area contributed by atoms with Crippen LogP contribution in [0.3, 0.4) is 0 Å². The molecule has 2 nitrogen and oxygen atoms in total. The predicted molar refractivity (Wildman–Crippen MR) is 108 cm³/mol. The molecule has 0 aliphatic rings. The highest BCUT2D eigenvalue weighted by Gasteiger charge is 2.09. The van der Waals surface area contributed by atoms with Crippen molar-refractivity contribution in [3.05, 3.63) is 24.8 Å². The zero-order valence-electron chi connectivity index (χ0n) is 16.6. The summed E-state index contributed by atoms with van der Waals surface area (Å²) in [5, 5.41) is 0. The molecule has 0 saturated carbocycles. The van der Waals surface area contributed by atoms with Crippen LogP contribution in [0.4, 0.5) is 0 Å². The summed E-state index contributed by atoms with van der Waals surface area (Å²) in [6.07, 6.45) is 19.5. The van der Waals surface area contributed by atoms with E-state index in [0.29, 0.717) is 0 Å². The maximum absolute atomic E-state index is 5.97. The van der Waals surface area contributed by atoms with Gasteiger partial charge >= 0.3 is 0 Å². The monoisotopic (exact) mass is 347 g/mol. The summed E-state index contributed by atoms with van der Waals surface area (Å²) in [6.45, 7) is 11.3. The quantitative estimate of drug-likeness (QED) is 0.167. The van der Waals surface area contributed by atoms with Crippen LogP contribution in [0, 0.1) is 18.4 Å². The first-order valence-electron chi connectivity index (χ1n) is 10.3. The molecule has 0 fully saturated rings. The van der Waals surface area contributed by atoms with Crippen LogP contribution in [-0.2, 0) is 9.47 Å². The van der Waals surface area contributed by atoms with E-state index in [1.54, 1.807) is 0 Å². The third-order valence-corrected chi connectivity index (χ3v) is 4.03. The van der Waals surface area contributed by atoms with Crippen LogP contribution < -0.4 is 0 Å². The molecule has 143 valence electrons. The summed E-state index contributed by atoms with van der Waals surface area (Å²) in [4.78, 5) is 0. The summed E-state index contributed by atoms with van der Waals surface area (Å²) in [7, 11) is 0. The molecule has 0 bridgehead atoms. The molecule has 2 heteroatoms. The molecule has 0 aromatic carbocycles. The van der Waals surface area contributed by atoms with E-state index in [2.05, 4.69) is 31.8 Å². The molecule has 0 atom stereocenters. The first kappa shape index (κ1) is 24.0. The summed E-state index contributed by atoms with van der Waals surface area (Å²) >= 11 is 0. The Morgan fingerprint density at radius 3 is 2.00 bits per heavy atom. The van der Waals surface area contributed by atoms with E-state index in [1.165, 1.54) is 44.6 Å². The molecule has 1 radical (unpaired) electrons. The second-order valence-electron chi connectivity index (χ2n) is 6.43. The van der Waals surface area contributed by atoms with Gasteiger partial charge in [0.15, 0.2) is 6.29 Å². The van der Waals surface area contributed by atoms with E-state index < -0.39 is 0 Å². The van der Waals surface area contributed by atoms with Crippen LogP contribution in [0.2, 0.25) is 0 Å². The largest absolute Gasteiger partial charge is 0.353 e. The molecular formula is C23H39O2. The molecule has 0 unspecified atom stereocenters. The Kier molecular flexibility index (Phi) is 20.1. The van der Waals surface area contributed by atoms with Crippen LogP contribution in [0.25, 0.3) is 0 Å². The fourth-order valence-corrected chi connectivity index (χ4v) is 2.51. The van der Waals surface area contributed by atoms with E-state index in [9.17, 15) is 0 Å².